The highest BCUT2D eigenvalue weighted by Crippen LogP contribution is 2.46. The summed E-state index contributed by atoms with van der Waals surface area (Å²) in [5.41, 5.74) is 1.25. The lowest BCUT2D eigenvalue weighted by molar-refractivity contribution is 0.0586. The Labute approximate surface area is 134 Å². The number of carbonyl (C=O) groups is 1. The summed E-state index contributed by atoms with van der Waals surface area (Å²) >= 11 is 3.48. The van der Waals surface area contributed by atoms with E-state index in [9.17, 15) is 4.79 Å². The SMILES string of the molecule is COc1ccc(Br)c(C(=O)N2CCC3(CCCC3)CC2)c1. The average molecular weight is 352 g/mol. The summed E-state index contributed by atoms with van der Waals surface area (Å²) in [4.78, 5) is 14.7. The van der Waals surface area contributed by atoms with Crippen molar-refractivity contribution in [1.82, 2.24) is 4.90 Å². The van der Waals surface area contributed by atoms with Crippen LogP contribution in [-0.2, 0) is 0 Å². The number of ether oxygens (including phenoxy) is 1. The summed E-state index contributed by atoms with van der Waals surface area (Å²) < 4.78 is 6.07. The molecule has 0 N–H and O–H groups in total. The molecule has 1 saturated heterocycles. The van der Waals surface area contributed by atoms with E-state index in [4.69, 9.17) is 4.74 Å². The number of carbonyl (C=O) groups excluding carboxylic acids is 1. The van der Waals surface area contributed by atoms with Crippen molar-refractivity contribution in [1.29, 1.82) is 0 Å². The normalized spacial score (nSPS) is 20.8. The van der Waals surface area contributed by atoms with Crippen molar-refractivity contribution in [2.45, 2.75) is 38.5 Å². The number of hydrogen-bond donors (Lipinski definition) is 0. The van der Waals surface area contributed by atoms with Gasteiger partial charge in [0.1, 0.15) is 5.75 Å². The third-order valence-electron chi connectivity index (χ3n) is 5.18. The minimum atomic E-state index is 0.119. The summed E-state index contributed by atoms with van der Waals surface area (Å²) in [6.45, 7) is 1.78. The monoisotopic (exact) mass is 351 g/mol. The molecule has 0 aromatic heterocycles. The number of likely N-dealkylation sites (tertiary alicyclic amines) is 1. The zero-order valence-corrected chi connectivity index (χ0v) is 14.1. The Morgan fingerprint density at radius 1 is 1.19 bits per heavy atom. The lowest BCUT2D eigenvalue weighted by Gasteiger charge is -2.39. The first kappa shape index (κ1) is 14.9. The van der Waals surface area contributed by atoms with Gasteiger partial charge in [0.15, 0.2) is 0 Å². The van der Waals surface area contributed by atoms with E-state index in [0.29, 0.717) is 11.0 Å². The van der Waals surface area contributed by atoms with Crippen molar-refractivity contribution in [3.05, 3.63) is 28.2 Å². The summed E-state index contributed by atoms with van der Waals surface area (Å²) in [5.74, 6) is 0.847. The third kappa shape index (κ3) is 2.96. The number of hydrogen-bond acceptors (Lipinski definition) is 2. The zero-order valence-electron chi connectivity index (χ0n) is 12.5. The molecule has 2 fully saturated rings. The fourth-order valence-electron chi connectivity index (χ4n) is 3.77. The van der Waals surface area contributed by atoms with Gasteiger partial charge in [-0.2, -0.15) is 0 Å². The Kier molecular flexibility index (Phi) is 4.25. The molecular formula is C17H22BrNO2. The molecule has 0 radical (unpaired) electrons. The van der Waals surface area contributed by atoms with E-state index in [1.807, 2.05) is 23.1 Å². The van der Waals surface area contributed by atoms with Crippen LogP contribution in [-0.4, -0.2) is 31.0 Å². The van der Waals surface area contributed by atoms with Crippen molar-refractivity contribution in [2.75, 3.05) is 20.2 Å². The number of amides is 1. The Bertz CT molecular complexity index is 528. The van der Waals surface area contributed by atoms with E-state index < -0.39 is 0 Å². The van der Waals surface area contributed by atoms with Gasteiger partial charge in [0.25, 0.3) is 5.91 Å². The molecule has 3 rings (SSSR count). The van der Waals surface area contributed by atoms with E-state index in [-0.39, 0.29) is 5.91 Å². The maximum atomic E-state index is 12.7. The molecular weight excluding hydrogens is 330 g/mol. The highest BCUT2D eigenvalue weighted by Gasteiger charge is 2.38. The number of nitrogens with zero attached hydrogens (tertiary/aromatic N) is 1. The van der Waals surface area contributed by atoms with Crippen LogP contribution in [0, 0.1) is 5.41 Å². The molecule has 1 amide bonds. The second-order valence-corrected chi connectivity index (χ2v) is 7.20. The summed E-state index contributed by atoms with van der Waals surface area (Å²) in [7, 11) is 1.63. The van der Waals surface area contributed by atoms with Gasteiger partial charge in [-0.25, -0.2) is 0 Å². The second kappa shape index (κ2) is 5.99. The smallest absolute Gasteiger partial charge is 0.255 e. The van der Waals surface area contributed by atoms with Gasteiger partial charge in [-0.1, -0.05) is 12.8 Å². The van der Waals surface area contributed by atoms with Gasteiger partial charge < -0.3 is 9.64 Å². The number of halogens is 1. The zero-order chi connectivity index (χ0) is 14.9. The third-order valence-corrected chi connectivity index (χ3v) is 5.87. The second-order valence-electron chi connectivity index (χ2n) is 6.35. The van der Waals surface area contributed by atoms with Gasteiger partial charge in [-0.05, 0) is 65.2 Å². The molecule has 2 aliphatic rings. The maximum Gasteiger partial charge on any atom is 0.255 e. The molecule has 1 aromatic carbocycles. The van der Waals surface area contributed by atoms with E-state index in [1.165, 1.54) is 38.5 Å². The molecule has 0 unspecified atom stereocenters. The fraction of sp³-hybridized carbons (Fsp3) is 0.588. The number of methoxy groups -OCH3 is 1. The Morgan fingerprint density at radius 2 is 1.86 bits per heavy atom. The van der Waals surface area contributed by atoms with Gasteiger partial charge in [0.2, 0.25) is 0 Å². The topological polar surface area (TPSA) is 29.5 Å². The highest BCUT2D eigenvalue weighted by molar-refractivity contribution is 9.10. The van der Waals surface area contributed by atoms with Crippen LogP contribution in [0.15, 0.2) is 22.7 Å². The van der Waals surface area contributed by atoms with Crippen LogP contribution in [0.5, 0.6) is 5.75 Å². The standard InChI is InChI=1S/C17H22BrNO2/c1-21-13-4-5-15(18)14(12-13)16(20)19-10-8-17(9-11-19)6-2-3-7-17/h4-5,12H,2-3,6-11H2,1H3. The van der Waals surface area contributed by atoms with Crippen LogP contribution < -0.4 is 4.74 Å². The highest BCUT2D eigenvalue weighted by atomic mass is 79.9. The Balaban J connectivity index is 1.72. The fourth-order valence-corrected chi connectivity index (χ4v) is 4.19. The van der Waals surface area contributed by atoms with Crippen LogP contribution in [0.2, 0.25) is 0 Å². The van der Waals surface area contributed by atoms with Gasteiger partial charge in [-0.3, -0.25) is 4.79 Å². The van der Waals surface area contributed by atoms with E-state index in [1.54, 1.807) is 7.11 Å². The van der Waals surface area contributed by atoms with Crippen molar-refractivity contribution < 1.29 is 9.53 Å². The number of benzene rings is 1. The first-order valence-corrected chi connectivity index (χ1v) is 8.56. The van der Waals surface area contributed by atoms with Crippen molar-refractivity contribution >= 4 is 21.8 Å². The van der Waals surface area contributed by atoms with Crippen LogP contribution in [0.1, 0.15) is 48.9 Å². The van der Waals surface area contributed by atoms with Crippen molar-refractivity contribution in [3.63, 3.8) is 0 Å². The van der Waals surface area contributed by atoms with E-state index in [0.717, 1.165) is 23.3 Å². The van der Waals surface area contributed by atoms with Crippen LogP contribution in [0.3, 0.4) is 0 Å². The molecule has 1 saturated carbocycles. The van der Waals surface area contributed by atoms with Gasteiger partial charge in [0.05, 0.1) is 12.7 Å². The molecule has 0 atom stereocenters. The summed E-state index contributed by atoms with van der Waals surface area (Å²) in [5, 5.41) is 0. The molecule has 1 heterocycles. The Morgan fingerprint density at radius 3 is 2.48 bits per heavy atom. The number of piperidine rings is 1. The first-order chi connectivity index (χ1) is 10.1. The molecule has 3 nitrogen and oxygen atoms in total. The maximum absolute atomic E-state index is 12.7. The minimum absolute atomic E-state index is 0.119. The average Bonchev–Trinajstić information content (AvgIpc) is 2.96. The van der Waals surface area contributed by atoms with E-state index >= 15 is 0 Å². The molecule has 1 aliphatic carbocycles. The lowest BCUT2D eigenvalue weighted by atomic mass is 9.77. The summed E-state index contributed by atoms with van der Waals surface area (Å²) in [6.07, 6.45) is 7.79. The molecule has 114 valence electrons. The molecule has 1 aliphatic heterocycles. The van der Waals surface area contributed by atoms with Crippen molar-refractivity contribution in [3.8, 4) is 5.75 Å². The number of rotatable bonds is 2. The van der Waals surface area contributed by atoms with Crippen LogP contribution >= 0.6 is 15.9 Å². The molecule has 21 heavy (non-hydrogen) atoms. The molecule has 1 spiro atoms. The predicted molar refractivity (Wildman–Crippen MR) is 86.7 cm³/mol. The summed E-state index contributed by atoms with van der Waals surface area (Å²) in [6, 6.07) is 5.57. The predicted octanol–water partition coefficient (Wildman–Crippen LogP) is 4.25. The molecule has 1 aromatic rings. The molecule has 0 bridgehead atoms. The quantitative estimate of drug-likeness (QED) is 0.796. The lowest BCUT2D eigenvalue weighted by Crippen LogP contribution is -2.42. The van der Waals surface area contributed by atoms with Crippen LogP contribution in [0.4, 0.5) is 0 Å². The van der Waals surface area contributed by atoms with Gasteiger partial charge in [0, 0.05) is 17.6 Å². The van der Waals surface area contributed by atoms with Gasteiger partial charge >= 0.3 is 0 Å². The van der Waals surface area contributed by atoms with Gasteiger partial charge in [-0.15, -0.1) is 0 Å². The van der Waals surface area contributed by atoms with E-state index in [2.05, 4.69) is 15.9 Å². The molecule has 4 heteroatoms. The van der Waals surface area contributed by atoms with Crippen LogP contribution in [0.25, 0.3) is 0 Å². The Hall–Kier alpha value is -1.03. The largest absolute Gasteiger partial charge is 0.497 e. The minimum Gasteiger partial charge on any atom is -0.497 e. The van der Waals surface area contributed by atoms with Crippen molar-refractivity contribution in [2.24, 2.45) is 5.41 Å². The first-order valence-electron chi connectivity index (χ1n) is 7.76.